The lowest BCUT2D eigenvalue weighted by Gasteiger charge is -2.33. The zero-order valence-electron chi connectivity index (χ0n) is 20.3. The highest BCUT2D eigenvalue weighted by atomic mass is 35.5. The lowest BCUT2D eigenvalue weighted by Crippen LogP contribution is -2.52. The van der Waals surface area contributed by atoms with Crippen LogP contribution in [0.4, 0.5) is 5.69 Å². The second kappa shape index (κ2) is 13.0. The van der Waals surface area contributed by atoms with Crippen LogP contribution in [0, 0.1) is 0 Å². The molecule has 0 bridgehead atoms. The summed E-state index contributed by atoms with van der Waals surface area (Å²) < 4.78 is 31.4. The van der Waals surface area contributed by atoms with Crippen LogP contribution in [-0.4, -0.2) is 57.6 Å². The van der Waals surface area contributed by atoms with E-state index < -0.39 is 28.5 Å². The number of nitrogens with one attached hydrogen (secondary N) is 1. The van der Waals surface area contributed by atoms with Gasteiger partial charge >= 0.3 is 0 Å². The van der Waals surface area contributed by atoms with Crippen molar-refractivity contribution in [2.24, 2.45) is 0 Å². The zero-order valence-corrected chi connectivity index (χ0v) is 22.6. The van der Waals surface area contributed by atoms with Crippen LogP contribution in [0.25, 0.3) is 0 Å². The number of sulfonamides is 1. The topological polar surface area (TPSA) is 96.0 Å². The van der Waals surface area contributed by atoms with Crippen molar-refractivity contribution in [2.75, 3.05) is 30.8 Å². The molecule has 2 rings (SSSR count). The van der Waals surface area contributed by atoms with Gasteiger partial charge in [0.2, 0.25) is 21.8 Å². The average molecular weight is 545 g/mol. The maximum Gasteiger partial charge on any atom is 0.244 e. The van der Waals surface area contributed by atoms with Gasteiger partial charge in [-0.3, -0.25) is 13.9 Å². The number of rotatable bonds is 12. The van der Waals surface area contributed by atoms with Crippen molar-refractivity contribution < 1.29 is 22.7 Å². The number of halogens is 2. The van der Waals surface area contributed by atoms with Gasteiger partial charge in [-0.05, 0) is 49.2 Å². The van der Waals surface area contributed by atoms with Gasteiger partial charge in [0.25, 0.3) is 0 Å². The van der Waals surface area contributed by atoms with Crippen LogP contribution in [0.5, 0.6) is 5.75 Å². The molecule has 2 amide bonds. The quantitative estimate of drug-likeness (QED) is 0.434. The van der Waals surface area contributed by atoms with Crippen molar-refractivity contribution in [3.63, 3.8) is 0 Å². The summed E-state index contributed by atoms with van der Waals surface area (Å²) in [7, 11) is -2.33. The number of methoxy groups -OCH3 is 1. The molecule has 0 spiro atoms. The fourth-order valence-electron chi connectivity index (χ4n) is 3.50. The minimum Gasteiger partial charge on any atom is -0.497 e. The van der Waals surface area contributed by atoms with Gasteiger partial charge in [0.1, 0.15) is 18.3 Å². The number of amides is 2. The van der Waals surface area contributed by atoms with Gasteiger partial charge in [-0.15, -0.1) is 0 Å². The lowest BCUT2D eigenvalue weighted by molar-refractivity contribution is -0.140. The van der Waals surface area contributed by atoms with Crippen LogP contribution in [-0.2, 0) is 26.2 Å². The third kappa shape index (κ3) is 7.75. The number of nitrogens with zero attached hydrogens (tertiary/aromatic N) is 2. The molecule has 0 aliphatic rings. The average Bonchev–Trinajstić information content (AvgIpc) is 2.82. The Morgan fingerprint density at radius 2 is 1.66 bits per heavy atom. The van der Waals surface area contributed by atoms with Gasteiger partial charge in [0.05, 0.1) is 19.1 Å². The predicted molar refractivity (Wildman–Crippen MR) is 140 cm³/mol. The Bertz CT molecular complexity index is 1110. The van der Waals surface area contributed by atoms with Crippen molar-refractivity contribution in [3.8, 4) is 5.75 Å². The Balaban J connectivity index is 2.47. The second-order valence-corrected chi connectivity index (χ2v) is 10.6. The molecule has 0 aliphatic heterocycles. The first-order valence-corrected chi connectivity index (χ1v) is 13.8. The highest BCUT2D eigenvalue weighted by molar-refractivity contribution is 7.92. The maximum absolute atomic E-state index is 13.6. The van der Waals surface area contributed by atoms with E-state index in [4.69, 9.17) is 27.9 Å². The molecule has 0 aromatic heterocycles. The van der Waals surface area contributed by atoms with Crippen LogP contribution in [0.15, 0.2) is 42.5 Å². The fourth-order valence-corrected chi connectivity index (χ4v) is 4.87. The lowest BCUT2D eigenvalue weighted by atomic mass is 10.1. The van der Waals surface area contributed by atoms with E-state index in [1.54, 1.807) is 49.4 Å². The summed E-state index contributed by atoms with van der Waals surface area (Å²) in [5.74, 6) is -0.357. The highest BCUT2D eigenvalue weighted by Crippen LogP contribution is 2.28. The molecule has 0 unspecified atom stereocenters. The summed E-state index contributed by atoms with van der Waals surface area (Å²) in [6.45, 7) is 3.58. The van der Waals surface area contributed by atoms with E-state index in [-0.39, 0.29) is 12.5 Å². The molecule has 0 saturated heterocycles. The van der Waals surface area contributed by atoms with Gasteiger partial charge in [0.15, 0.2) is 0 Å². The molecule has 0 saturated carbocycles. The Labute approximate surface area is 217 Å². The summed E-state index contributed by atoms with van der Waals surface area (Å²) >= 11 is 12.7. The van der Waals surface area contributed by atoms with Gasteiger partial charge < -0.3 is 15.0 Å². The summed E-state index contributed by atoms with van der Waals surface area (Å²) in [6.07, 6.45) is 2.06. The van der Waals surface area contributed by atoms with Crippen LogP contribution >= 0.6 is 23.2 Å². The van der Waals surface area contributed by atoms with E-state index in [1.165, 1.54) is 12.0 Å². The maximum atomic E-state index is 13.6. The van der Waals surface area contributed by atoms with E-state index in [2.05, 4.69) is 5.32 Å². The Kier molecular flexibility index (Phi) is 10.7. The van der Waals surface area contributed by atoms with E-state index in [0.29, 0.717) is 40.0 Å². The van der Waals surface area contributed by atoms with Crippen LogP contribution in [0.3, 0.4) is 0 Å². The van der Waals surface area contributed by atoms with Crippen molar-refractivity contribution >= 4 is 50.7 Å². The van der Waals surface area contributed by atoms with Crippen LogP contribution in [0.1, 0.15) is 32.3 Å². The summed E-state index contributed by atoms with van der Waals surface area (Å²) in [5, 5.41) is 3.50. The SMILES string of the molecule is CCCNC(=O)[C@@H](CC)N(Cc1c(Cl)cccc1Cl)C(=O)CN(c1ccc(OC)cc1)S(C)(=O)=O. The molecule has 192 valence electrons. The molecule has 1 N–H and O–H groups in total. The normalized spacial score (nSPS) is 12.1. The molecule has 0 fully saturated rings. The number of anilines is 1. The van der Waals surface area contributed by atoms with E-state index >= 15 is 0 Å². The van der Waals surface area contributed by atoms with Crippen LogP contribution in [0.2, 0.25) is 10.0 Å². The third-order valence-electron chi connectivity index (χ3n) is 5.36. The Hall–Kier alpha value is -2.49. The Morgan fingerprint density at radius 1 is 1.06 bits per heavy atom. The fraction of sp³-hybridized carbons (Fsp3) is 0.417. The zero-order chi connectivity index (χ0) is 26.2. The number of hydrogen-bond acceptors (Lipinski definition) is 5. The van der Waals surface area contributed by atoms with Gasteiger partial charge in [0, 0.05) is 28.7 Å². The van der Waals surface area contributed by atoms with Gasteiger partial charge in [-0.1, -0.05) is 43.1 Å². The molecular weight excluding hydrogens is 513 g/mol. The first-order valence-electron chi connectivity index (χ1n) is 11.1. The standard InChI is InChI=1S/C24H31Cl2N3O5S/c1-5-14-27-24(31)22(6-2)28(15-19-20(25)8-7-9-21(19)26)23(30)16-29(35(4,32)33)17-10-12-18(34-3)13-11-17/h7-13,22H,5-6,14-16H2,1-4H3,(H,27,31)/t22-/m1/s1. The molecule has 0 aliphatic carbocycles. The van der Waals surface area contributed by atoms with Crippen LogP contribution < -0.4 is 14.4 Å². The smallest absolute Gasteiger partial charge is 0.244 e. The summed E-state index contributed by atoms with van der Waals surface area (Å²) in [6, 6.07) is 10.4. The molecule has 11 heteroatoms. The highest BCUT2D eigenvalue weighted by Gasteiger charge is 2.32. The molecule has 2 aromatic rings. The Morgan fingerprint density at radius 3 is 2.14 bits per heavy atom. The molecule has 1 atom stereocenters. The largest absolute Gasteiger partial charge is 0.497 e. The molecule has 0 radical (unpaired) electrons. The van der Waals surface area contributed by atoms with Gasteiger partial charge in [-0.2, -0.15) is 0 Å². The number of ether oxygens (including phenoxy) is 1. The monoisotopic (exact) mass is 543 g/mol. The van der Waals surface area contributed by atoms with Crippen molar-refractivity contribution in [1.82, 2.24) is 10.2 Å². The molecule has 0 heterocycles. The van der Waals surface area contributed by atoms with Gasteiger partial charge in [-0.25, -0.2) is 8.42 Å². The minimum absolute atomic E-state index is 0.0599. The predicted octanol–water partition coefficient (Wildman–Crippen LogP) is 4.10. The summed E-state index contributed by atoms with van der Waals surface area (Å²) in [4.78, 5) is 27.9. The number of benzene rings is 2. The van der Waals surface area contributed by atoms with Crippen molar-refractivity contribution in [1.29, 1.82) is 0 Å². The first-order chi connectivity index (χ1) is 16.5. The molecular formula is C24H31Cl2N3O5S. The molecule has 8 nitrogen and oxygen atoms in total. The molecule has 35 heavy (non-hydrogen) atoms. The second-order valence-electron chi connectivity index (χ2n) is 7.90. The number of carbonyl (C=O) groups is 2. The number of carbonyl (C=O) groups excluding carboxylic acids is 2. The molecule has 2 aromatic carbocycles. The van der Waals surface area contributed by atoms with E-state index in [9.17, 15) is 18.0 Å². The van der Waals surface area contributed by atoms with Crippen molar-refractivity contribution in [2.45, 2.75) is 39.3 Å². The third-order valence-corrected chi connectivity index (χ3v) is 7.21. The van der Waals surface area contributed by atoms with Crippen molar-refractivity contribution in [3.05, 3.63) is 58.1 Å². The van der Waals surface area contributed by atoms with E-state index in [0.717, 1.165) is 17.0 Å². The number of hydrogen-bond donors (Lipinski definition) is 1. The first kappa shape index (κ1) is 28.7. The summed E-state index contributed by atoms with van der Waals surface area (Å²) in [5.41, 5.74) is 0.766. The minimum atomic E-state index is -3.83. The van der Waals surface area contributed by atoms with E-state index in [1.807, 2.05) is 6.92 Å².